The summed E-state index contributed by atoms with van der Waals surface area (Å²) in [5, 5.41) is 0. The molecular formula is C16H23N3O2. The number of carbonyl (C=O) groups is 1. The molecule has 3 heterocycles. The van der Waals surface area contributed by atoms with Gasteiger partial charge in [0, 0.05) is 25.2 Å². The van der Waals surface area contributed by atoms with Crippen LogP contribution in [0.1, 0.15) is 50.5 Å². The fourth-order valence-electron chi connectivity index (χ4n) is 3.61. The van der Waals surface area contributed by atoms with Crippen LogP contribution in [0.25, 0.3) is 0 Å². The van der Waals surface area contributed by atoms with Crippen LogP contribution in [0.2, 0.25) is 0 Å². The van der Waals surface area contributed by atoms with Crippen LogP contribution in [0.4, 0.5) is 0 Å². The lowest BCUT2D eigenvalue weighted by atomic mass is 9.74. The van der Waals surface area contributed by atoms with Crippen molar-refractivity contribution < 1.29 is 9.53 Å². The number of rotatable bonds is 1. The van der Waals surface area contributed by atoms with Gasteiger partial charge in [-0.2, -0.15) is 0 Å². The smallest absolute Gasteiger partial charge is 0.272 e. The van der Waals surface area contributed by atoms with E-state index in [1.807, 2.05) is 4.90 Å². The first-order chi connectivity index (χ1) is 9.90. The fraction of sp³-hybridized carbons (Fsp3) is 0.688. The maximum atomic E-state index is 12.5. The van der Waals surface area contributed by atoms with E-state index in [0.717, 1.165) is 32.4 Å². The van der Waals surface area contributed by atoms with E-state index in [4.69, 9.17) is 4.74 Å². The van der Waals surface area contributed by atoms with Gasteiger partial charge in [0.15, 0.2) is 0 Å². The van der Waals surface area contributed by atoms with Crippen LogP contribution in [-0.4, -0.2) is 45.1 Å². The predicted octanol–water partition coefficient (Wildman–Crippen LogP) is 2.29. The molecule has 0 aromatic carbocycles. The van der Waals surface area contributed by atoms with E-state index in [1.54, 1.807) is 12.3 Å². The van der Waals surface area contributed by atoms with Crippen molar-refractivity contribution in [1.82, 2.24) is 14.9 Å². The van der Waals surface area contributed by atoms with E-state index in [-0.39, 0.29) is 17.1 Å². The minimum absolute atomic E-state index is 0.00397. The number of amides is 1. The minimum atomic E-state index is -0.107. The number of carbonyl (C=O) groups excluding carboxylic acids is 1. The number of fused-ring (bicyclic) bond motifs is 1. The van der Waals surface area contributed by atoms with Gasteiger partial charge in [0.05, 0.1) is 11.2 Å². The molecule has 2 aliphatic rings. The highest BCUT2D eigenvalue weighted by molar-refractivity contribution is 5.92. The van der Waals surface area contributed by atoms with E-state index < -0.39 is 0 Å². The van der Waals surface area contributed by atoms with Crippen LogP contribution in [-0.2, 0) is 4.74 Å². The summed E-state index contributed by atoms with van der Waals surface area (Å²) in [6, 6.07) is 1.68. The van der Waals surface area contributed by atoms with Crippen molar-refractivity contribution in [1.29, 1.82) is 0 Å². The van der Waals surface area contributed by atoms with Gasteiger partial charge in [0.2, 0.25) is 0 Å². The molecule has 0 radical (unpaired) electrons. The Hall–Kier alpha value is -1.49. The Labute approximate surface area is 125 Å². The van der Waals surface area contributed by atoms with Crippen molar-refractivity contribution in [3.05, 3.63) is 24.3 Å². The zero-order valence-electron chi connectivity index (χ0n) is 13.0. The molecule has 114 valence electrons. The molecule has 0 bridgehead atoms. The van der Waals surface area contributed by atoms with Gasteiger partial charge in [0.25, 0.3) is 5.91 Å². The molecule has 0 aliphatic carbocycles. The van der Waals surface area contributed by atoms with Gasteiger partial charge in [0.1, 0.15) is 12.0 Å². The van der Waals surface area contributed by atoms with E-state index in [0.29, 0.717) is 11.6 Å². The maximum Gasteiger partial charge on any atom is 0.272 e. The van der Waals surface area contributed by atoms with Crippen molar-refractivity contribution >= 4 is 5.91 Å². The topological polar surface area (TPSA) is 55.3 Å². The second-order valence-corrected chi connectivity index (χ2v) is 7.01. The molecule has 1 aromatic heterocycles. The van der Waals surface area contributed by atoms with Gasteiger partial charge >= 0.3 is 0 Å². The van der Waals surface area contributed by atoms with Crippen molar-refractivity contribution in [3.63, 3.8) is 0 Å². The summed E-state index contributed by atoms with van der Waals surface area (Å²) in [6.45, 7) is 8.01. The third-order valence-electron chi connectivity index (χ3n) is 4.88. The Morgan fingerprint density at radius 1 is 1.38 bits per heavy atom. The monoisotopic (exact) mass is 289 g/mol. The maximum absolute atomic E-state index is 12.5. The Morgan fingerprint density at radius 2 is 2.19 bits per heavy atom. The zero-order valence-corrected chi connectivity index (χ0v) is 13.0. The summed E-state index contributed by atoms with van der Waals surface area (Å²) in [5.74, 6) is 0.411. The van der Waals surface area contributed by atoms with Crippen molar-refractivity contribution in [2.24, 2.45) is 5.92 Å². The molecule has 3 rings (SSSR count). The molecule has 2 saturated heterocycles. The number of hydrogen-bond acceptors (Lipinski definition) is 4. The molecular weight excluding hydrogens is 266 g/mol. The Morgan fingerprint density at radius 3 is 2.90 bits per heavy atom. The molecule has 2 fully saturated rings. The molecule has 5 heteroatoms. The molecule has 5 nitrogen and oxygen atoms in total. The number of likely N-dealkylation sites (tertiary alicyclic amines) is 1. The zero-order chi connectivity index (χ0) is 15.1. The second-order valence-electron chi connectivity index (χ2n) is 7.01. The van der Waals surface area contributed by atoms with Gasteiger partial charge in [-0.15, -0.1) is 0 Å². The average molecular weight is 289 g/mol. The van der Waals surface area contributed by atoms with Gasteiger partial charge in [-0.1, -0.05) is 0 Å². The number of piperidine rings is 1. The lowest BCUT2D eigenvalue weighted by Crippen LogP contribution is -2.58. The molecule has 2 aliphatic heterocycles. The number of aromatic nitrogens is 2. The number of hydrogen-bond donors (Lipinski definition) is 0. The Balaban J connectivity index is 1.72. The molecule has 0 N–H and O–H groups in total. The van der Waals surface area contributed by atoms with Gasteiger partial charge in [-0.3, -0.25) is 4.79 Å². The lowest BCUT2D eigenvalue weighted by Gasteiger charge is -2.53. The lowest BCUT2D eigenvalue weighted by molar-refractivity contribution is -0.210. The van der Waals surface area contributed by atoms with E-state index in [2.05, 4.69) is 30.7 Å². The summed E-state index contributed by atoms with van der Waals surface area (Å²) in [6.07, 6.45) is 6.08. The quantitative estimate of drug-likeness (QED) is 0.796. The summed E-state index contributed by atoms with van der Waals surface area (Å²) < 4.78 is 6.34. The predicted molar refractivity (Wildman–Crippen MR) is 78.8 cm³/mol. The van der Waals surface area contributed by atoms with E-state index in [1.165, 1.54) is 6.33 Å². The third kappa shape index (κ3) is 2.79. The SMILES string of the molecule is CC1(C)CC[C@H]2CN(C(=O)c3ccncn3)CC[C@@]2(C)O1. The van der Waals surface area contributed by atoms with Gasteiger partial charge < -0.3 is 9.64 Å². The Kier molecular flexibility index (Phi) is 3.48. The molecule has 0 unspecified atom stereocenters. The highest BCUT2D eigenvalue weighted by Gasteiger charge is 2.48. The Bertz CT molecular complexity index is 532. The normalized spacial score (nSPS) is 31.6. The first kappa shape index (κ1) is 14.4. The molecule has 1 aromatic rings. The molecule has 0 spiro atoms. The molecule has 2 atom stereocenters. The first-order valence-electron chi connectivity index (χ1n) is 7.65. The van der Waals surface area contributed by atoms with Crippen molar-refractivity contribution in [2.75, 3.05) is 13.1 Å². The fourth-order valence-corrected chi connectivity index (χ4v) is 3.61. The summed E-state index contributed by atoms with van der Waals surface area (Å²) in [5.41, 5.74) is 0.319. The highest BCUT2D eigenvalue weighted by Crippen LogP contribution is 2.43. The van der Waals surface area contributed by atoms with Crippen LogP contribution < -0.4 is 0 Å². The summed E-state index contributed by atoms with van der Waals surface area (Å²) in [7, 11) is 0. The van der Waals surface area contributed by atoms with Crippen LogP contribution in [0.3, 0.4) is 0 Å². The third-order valence-corrected chi connectivity index (χ3v) is 4.88. The van der Waals surface area contributed by atoms with Crippen LogP contribution in [0.15, 0.2) is 18.6 Å². The standard InChI is InChI=1S/C16H23N3O2/c1-15(2)6-4-12-10-19(9-7-16(12,3)21-15)14(20)13-5-8-17-11-18-13/h5,8,11-12H,4,6-7,9-10H2,1-3H3/t12-,16+/m0/s1. The van der Waals surface area contributed by atoms with Crippen molar-refractivity contribution in [2.45, 2.75) is 51.2 Å². The van der Waals surface area contributed by atoms with Crippen LogP contribution in [0, 0.1) is 5.92 Å². The average Bonchev–Trinajstić information content (AvgIpc) is 2.45. The van der Waals surface area contributed by atoms with Crippen molar-refractivity contribution in [3.8, 4) is 0 Å². The first-order valence-corrected chi connectivity index (χ1v) is 7.65. The van der Waals surface area contributed by atoms with Crippen LogP contribution >= 0.6 is 0 Å². The molecule has 1 amide bonds. The minimum Gasteiger partial charge on any atom is -0.369 e. The van der Waals surface area contributed by atoms with Gasteiger partial charge in [-0.05, 0) is 46.1 Å². The largest absolute Gasteiger partial charge is 0.369 e. The second kappa shape index (κ2) is 5.05. The summed E-state index contributed by atoms with van der Waals surface area (Å²) in [4.78, 5) is 22.3. The summed E-state index contributed by atoms with van der Waals surface area (Å²) >= 11 is 0. The molecule has 0 saturated carbocycles. The number of ether oxygens (including phenoxy) is 1. The van der Waals surface area contributed by atoms with Gasteiger partial charge in [-0.25, -0.2) is 9.97 Å². The number of nitrogens with zero attached hydrogens (tertiary/aromatic N) is 3. The van der Waals surface area contributed by atoms with Crippen LogP contribution in [0.5, 0.6) is 0 Å². The molecule has 21 heavy (non-hydrogen) atoms. The highest BCUT2D eigenvalue weighted by atomic mass is 16.5. The van der Waals surface area contributed by atoms with E-state index in [9.17, 15) is 4.79 Å². The van der Waals surface area contributed by atoms with E-state index >= 15 is 0 Å².